The minimum atomic E-state index is 0.574. The Balaban J connectivity index is 1.34. The number of benzene rings is 3. The maximum atomic E-state index is 7.39. The molecule has 0 amide bonds. The minimum absolute atomic E-state index is 0.574. The van der Waals surface area contributed by atoms with Crippen LogP contribution in [0.2, 0.25) is 0 Å². The Kier molecular flexibility index (Phi) is 4.23. The summed E-state index contributed by atoms with van der Waals surface area (Å²) in [5.41, 5.74) is 4.39. The van der Waals surface area contributed by atoms with Crippen molar-refractivity contribution in [2.24, 2.45) is 0 Å². The van der Waals surface area contributed by atoms with Crippen LogP contribution in [0.1, 0.15) is 5.56 Å². The highest BCUT2D eigenvalue weighted by molar-refractivity contribution is 6.09. The fourth-order valence-electron chi connectivity index (χ4n) is 5.05. The molecule has 1 aliphatic heterocycles. The van der Waals surface area contributed by atoms with E-state index in [-0.39, 0.29) is 0 Å². The molecule has 6 aromatic rings. The third-order valence-electron chi connectivity index (χ3n) is 6.64. The van der Waals surface area contributed by atoms with Crippen LogP contribution in [0, 0.1) is 6.57 Å². The van der Waals surface area contributed by atoms with E-state index in [1.54, 1.807) is 6.20 Å². The van der Waals surface area contributed by atoms with Crippen LogP contribution in [0.3, 0.4) is 0 Å². The largest absolute Gasteiger partial charge is 0.457 e. The van der Waals surface area contributed by atoms with Crippen LogP contribution in [0.15, 0.2) is 91.3 Å². The van der Waals surface area contributed by atoms with Crippen LogP contribution < -0.4 is 4.74 Å². The average molecular weight is 454 g/mol. The third kappa shape index (κ3) is 3.02. The molecule has 3 aromatic carbocycles. The summed E-state index contributed by atoms with van der Waals surface area (Å²) in [5, 5.41) is 2.33. The lowest BCUT2D eigenvalue weighted by atomic mass is 10.0. The van der Waals surface area contributed by atoms with Gasteiger partial charge >= 0.3 is 0 Å². The van der Waals surface area contributed by atoms with Gasteiger partial charge in [-0.3, -0.25) is 9.13 Å². The normalized spacial score (nSPS) is 12.3. The summed E-state index contributed by atoms with van der Waals surface area (Å²) < 4.78 is 10.5. The van der Waals surface area contributed by atoms with Crippen LogP contribution in [-0.2, 0) is 13.0 Å². The first kappa shape index (κ1) is 19.6. The monoisotopic (exact) mass is 453 g/mol. The molecular formula is C29H19N5O. The summed E-state index contributed by atoms with van der Waals surface area (Å²) in [4.78, 5) is 12.7. The van der Waals surface area contributed by atoms with Gasteiger partial charge in [-0.15, -0.1) is 0 Å². The van der Waals surface area contributed by atoms with Crippen LogP contribution in [0.5, 0.6) is 11.5 Å². The number of imidazole rings is 1. The van der Waals surface area contributed by atoms with E-state index in [1.165, 1.54) is 10.9 Å². The molecule has 0 aliphatic carbocycles. The molecular weight excluding hydrogens is 434 g/mol. The zero-order valence-electron chi connectivity index (χ0n) is 18.7. The highest BCUT2D eigenvalue weighted by Crippen LogP contribution is 2.38. The molecule has 3 aromatic heterocycles. The van der Waals surface area contributed by atoms with Gasteiger partial charge in [-0.05, 0) is 48.0 Å². The molecule has 166 valence electrons. The Bertz CT molecular complexity index is 1790. The summed E-state index contributed by atoms with van der Waals surface area (Å²) in [6.07, 6.45) is 4.33. The van der Waals surface area contributed by atoms with Gasteiger partial charge in [-0.25, -0.2) is 9.97 Å². The number of fused-ring (bicyclic) bond motifs is 6. The average Bonchev–Trinajstić information content (AvgIpc) is 3.48. The highest BCUT2D eigenvalue weighted by Gasteiger charge is 2.23. The second-order valence-corrected chi connectivity index (χ2v) is 8.59. The molecule has 35 heavy (non-hydrogen) atoms. The van der Waals surface area contributed by atoms with E-state index in [2.05, 4.69) is 61.8 Å². The number of rotatable bonds is 3. The van der Waals surface area contributed by atoms with Gasteiger partial charge in [0.15, 0.2) is 0 Å². The van der Waals surface area contributed by atoms with Gasteiger partial charge in [0.25, 0.3) is 0 Å². The maximum Gasteiger partial charge on any atom is 0.250 e. The van der Waals surface area contributed by atoms with Crippen molar-refractivity contribution in [2.45, 2.75) is 13.0 Å². The van der Waals surface area contributed by atoms with Gasteiger partial charge in [0.1, 0.15) is 17.3 Å². The standard InChI is InChI=1S/C29H19N5O/c1-30-28-18-32-29-24-16-20(10-9-19(24)13-15-33(28)29)35-21-11-12-23-22-6-2-3-7-25(22)34(26(23)17-21)27-8-4-5-14-31-27/h2-12,14,16-18H,13,15H2. The van der Waals surface area contributed by atoms with Crippen LogP contribution >= 0.6 is 0 Å². The maximum absolute atomic E-state index is 7.39. The summed E-state index contributed by atoms with van der Waals surface area (Å²) in [6.45, 7) is 8.17. The van der Waals surface area contributed by atoms with Gasteiger partial charge < -0.3 is 9.58 Å². The van der Waals surface area contributed by atoms with Crippen molar-refractivity contribution in [2.75, 3.05) is 0 Å². The van der Waals surface area contributed by atoms with E-state index < -0.39 is 0 Å². The molecule has 4 heterocycles. The SMILES string of the molecule is [C-]#[N+]c1cnc2n1CCc1ccc(Oc3ccc4c5ccccc5n(-c5ccccn5)c4c3)cc1-2. The Labute approximate surface area is 201 Å². The lowest BCUT2D eigenvalue weighted by Crippen LogP contribution is -2.10. The predicted molar refractivity (Wildman–Crippen MR) is 136 cm³/mol. The Morgan fingerprint density at radius 2 is 1.66 bits per heavy atom. The summed E-state index contributed by atoms with van der Waals surface area (Å²) in [6, 6.07) is 26.6. The first-order valence-corrected chi connectivity index (χ1v) is 11.5. The molecule has 6 nitrogen and oxygen atoms in total. The summed E-state index contributed by atoms with van der Waals surface area (Å²) in [5.74, 6) is 3.76. The van der Waals surface area contributed by atoms with E-state index in [0.717, 1.165) is 58.1 Å². The van der Waals surface area contributed by atoms with Crippen molar-refractivity contribution in [1.29, 1.82) is 0 Å². The molecule has 0 atom stereocenters. The minimum Gasteiger partial charge on any atom is -0.457 e. The lowest BCUT2D eigenvalue weighted by molar-refractivity contribution is 0.483. The second-order valence-electron chi connectivity index (χ2n) is 8.59. The highest BCUT2D eigenvalue weighted by atomic mass is 16.5. The van der Waals surface area contributed by atoms with Crippen molar-refractivity contribution in [1.82, 2.24) is 19.1 Å². The zero-order chi connectivity index (χ0) is 23.4. The van der Waals surface area contributed by atoms with E-state index in [0.29, 0.717) is 5.82 Å². The van der Waals surface area contributed by atoms with Crippen molar-refractivity contribution in [3.05, 3.63) is 108 Å². The van der Waals surface area contributed by atoms with E-state index >= 15 is 0 Å². The number of nitrogens with zero attached hydrogens (tertiary/aromatic N) is 5. The summed E-state index contributed by atoms with van der Waals surface area (Å²) >= 11 is 0. The fourth-order valence-corrected chi connectivity index (χ4v) is 5.05. The number of aryl methyl sites for hydroxylation is 1. The molecule has 0 spiro atoms. The fraction of sp³-hybridized carbons (Fsp3) is 0.0690. The smallest absolute Gasteiger partial charge is 0.250 e. The predicted octanol–water partition coefficient (Wildman–Crippen LogP) is 6.94. The zero-order valence-corrected chi connectivity index (χ0v) is 18.7. The van der Waals surface area contributed by atoms with Gasteiger partial charge in [0.05, 0.1) is 23.8 Å². The number of aromatic nitrogens is 4. The number of hydrogen-bond acceptors (Lipinski definition) is 3. The van der Waals surface area contributed by atoms with E-state index in [4.69, 9.17) is 11.3 Å². The lowest BCUT2D eigenvalue weighted by Gasteiger charge is -2.17. The first-order valence-electron chi connectivity index (χ1n) is 11.5. The number of pyridine rings is 1. The van der Waals surface area contributed by atoms with E-state index in [1.807, 2.05) is 47.2 Å². The molecule has 0 N–H and O–H groups in total. The molecule has 0 saturated carbocycles. The van der Waals surface area contributed by atoms with Crippen molar-refractivity contribution in [3.63, 3.8) is 0 Å². The van der Waals surface area contributed by atoms with Crippen LogP contribution in [0.25, 0.3) is 43.9 Å². The van der Waals surface area contributed by atoms with Crippen LogP contribution in [-0.4, -0.2) is 19.1 Å². The molecule has 7 rings (SSSR count). The van der Waals surface area contributed by atoms with Gasteiger partial charge in [-0.2, -0.15) is 0 Å². The first-order chi connectivity index (χ1) is 17.3. The molecule has 0 radical (unpaired) electrons. The summed E-state index contributed by atoms with van der Waals surface area (Å²) in [7, 11) is 0. The molecule has 0 unspecified atom stereocenters. The quantitative estimate of drug-likeness (QED) is 0.273. The number of ether oxygens (including phenoxy) is 1. The molecule has 1 aliphatic rings. The molecule has 0 fully saturated rings. The van der Waals surface area contributed by atoms with Crippen LogP contribution in [0.4, 0.5) is 5.82 Å². The second kappa shape index (κ2) is 7.57. The van der Waals surface area contributed by atoms with Gasteiger partial charge in [0.2, 0.25) is 11.6 Å². The molecule has 6 heteroatoms. The van der Waals surface area contributed by atoms with Gasteiger partial charge in [0, 0.05) is 35.0 Å². The van der Waals surface area contributed by atoms with Crippen molar-refractivity contribution < 1.29 is 4.74 Å². The molecule has 0 bridgehead atoms. The van der Waals surface area contributed by atoms with E-state index in [9.17, 15) is 0 Å². The van der Waals surface area contributed by atoms with Crippen molar-refractivity contribution >= 4 is 27.6 Å². The third-order valence-corrected chi connectivity index (χ3v) is 6.64. The topological polar surface area (TPSA) is 49.2 Å². The Morgan fingerprint density at radius 3 is 2.54 bits per heavy atom. The Hall–Kier alpha value is -4.89. The van der Waals surface area contributed by atoms with Crippen molar-refractivity contribution in [3.8, 4) is 28.7 Å². The number of hydrogen-bond donors (Lipinski definition) is 0. The van der Waals surface area contributed by atoms with Gasteiger partial charge in [-0.1, -0.05) is 36.9 Å². The number of para-hydroxylation sites is 1. The molecule has 0 saturated heterocycles. The Morgan fingerprint density at radius 1 is 0.829 bits per heavy atom.